The first-order valence-corrected chi connectivity index (χ1v) is 15.4. The summed E-state index contributed by atoms with van der Waals surface area (Å²) in [5, 5.41) is 3.51. The molecule has 0 fully saturated rings. The van der Waals surface area contributed by atoms with Crippen LogP contribution in [0.15, 0.2) is 71.6 Å². The number of carbonyl (C=O) groups is 2. The maximum atomic E-state index is 14.0. The van der Waals surface area contributed by atoms with Crippen molar-refractivity contribution in [2.45, 2.75) is 58.0 Å². The molecule has 3 aromatic carbocycles. The lowest BCUT2D eigenvalue weighted by atomic mass is 10.1. The standard InChI is InChI=1S/C30H35Cl2N3O4S/c1-5-17-33-30(37)22(4)34(19-23-13-16-26(31)27(32)18-23)29(36)20-35(28-10-8-7-9-24(28)6-2)40(38,39)25-14-11-21(3)12-15-25/h7-16,18,22H,5-6,17,19-20H2,1-4H3,(H,33,37)/t22-/m1/s1. The molecule has 214 valence electrons. The summed E-state index contributed by atoms with van der Waals surface area (Å²) in [7, 11) is -4.13. The number of aryl methyl sites for hydroxylation is 2. The Balaban J connectivity index is 2.07. The second-order valence-electron chi connectivity index (χ2n) is 9.54. The summed E-state index contributed by atoms with van der Waals surface area (Å²) in [5.41, 5.74) is 2.75. The van der Waals surface area contributed by atoms with Crippen LogP contribution in [0.5, 0.6) is 0 Å². The minimum Gasteiger partial charge on any atom is -0.354 e. The highest BCUT2D eigenvalue weighted by Gasteiger charge is 2.33. The number of anilines is 1. The lowest BCUT2D eigenvalue weighted by molar-refractivity contribution is -0.139. The summed E-state index contributed by atoms with van der Waals surface area (Å²) in [6, 6.07) is 17.7. The molecule has 0 radical (unpaired) electrons. The van der Waals surface area contributed by atoms with E-state index in [0.29, 0.717) is 34.3 Å². The second kappa shape index (κ2) is 14.0. The van der Waals surface area contributed by atoms with Gasteiger partial charge in [-0.15, -0.1) is 0 Å². The van der Waals surface area contributed by atoms with Gasteiger partial charge in [0.1, 0.15) is 12.6 Å². The molecular formula is C30H35Cl2N3O4S. The van der Waals surface area contributed by atoms with E-state index in [2.05, 4.69) is 5.32 Å². The largest absolute Gasteiger partial charge is 0.354 e. The van der Waals surface area contributed by atoms with Crippen molar-refractivity contribution in [1.82, 2.24) is 10.2 Å². The third kappa shape index (κ3) is 7.56. The Kier molecular flexibility index (Phi) is 11.0. The number of nitrogens with one attached hydrogen (secondary N) is 1. The number of hydrogen-bond acceptors (Lipinski definition) is 4. The molecule has 0 bridgehead atoms. The normalized spacial score (nSPS) is 12.1. The van der Waals surface area contributed by atoms with Crippen LogP contribution in [0.2, 0.25) is 10.0 Å². The predicted molar refractivity (Wildman–Crippen MR) is 161 cm³/mol. The first kappa shape index (κ1) is 31.5. The number of nitrogens with zero attached hydrogens (tertiary/aromatic N) is 2. The van der Waals surface area contributed by atoms with Crippen LogP contribution in [0.25, 0.3) is 0 Å². The molecule has 0 heterocycles. The Hall–Kier alpha value is -3.07. The van der Waals surface area contributed by atoms with Crippen LogP contribution >= 0.6 is 23.2 Å². The predicted octanol–water partition coefficient (Wildman–Crippen LogP) is 6.00. The van der Waals surface area contributed by atoms with Gasteiger partial charge in [0.2, 0.25) is 11.8 Å². The molecule has 40 heavy (non-hydrogen) atoms. The Bertz CT molecular complexity index is 1450. The summed E-state index contributed by atoms with van der Waals surface area (Å²) in [5.74, 6) is -0.871. The summed E-state index contributed by atoms with van der Waals surface area (Å²) in [6.07, 6.45) is 1.29. The fraction of sp³-hybridized carbons (Fsp3) is 0.333. The van der Waals surface area contributed by atoms with Gasteiger partial charge >= 0.3 is 0 Å². The zero-order valence-electron chi connectivity index (χ0n) is 23.2. The molecule has 7 nitrogen and oxygen atoms in total. The van der Waals surface area contributed by atoms with Gasteiger partial charge in [-0.3, -0.25) is 13.9 Å². The highest BCUT2D eigenvalue weighted by atomic mass is 35.5. The number of hydrogen-bond donors (Lipinski definition) is 1. The Morgan fingerprint density at radius 2 is 1.62 bits per heavy atom. The van der Waals surface area contributed by atoms with Gasteiger partial charge in [-0.25, -0.2) is 8.42 Å². The molecule has 2 amide bonds. The van der Waals surface area contributed by atoms with E-state index in [1.165, 1.54) is 17.0 Å². The Morgan fingerprint density at radius 1 is 0.950 bits per heavy atom. The van der Waals surface area contributed by atoms with Crippen molar-refractivity contribution in [3.05, 3.63) is 93.5 Å². The number of carbonyl (C=O) groups excluding carboxylic acids is 2. The maximum Gasteiger partial charge on any atom is 0.264 e. The van der Waals surface area contributed by atoms with Crippen molar-refractivity contribution in [1.29, 1.82) is 0 Å². The number of para-hydroxylation sites is 1. The van der Waals surface area contributed by atoms with E-state index in [1.807, 2.05) is 32.9 Å². The zero-order chi connectivity index (χ0) is 29.4. The van der Waals surface area contributed by atoms with Crippen LogP contribution in [0.1, 0.15) is 43.9 Å². The fourth-order valence-corrected chi connectivity index (χ4v) is 5.99. The first-order chi connectivity index (χ1) is 19.0. The van der Waals surface area contributed by atoms with Gasteiger partial charge in [-0.2, -0.15) is 0 Å². The zero-order valence-corrected chi connectivity index (χ0v) is 25.5. The summed E-state index contributed by atoms with van der Waals surface area (Å²) < 4.78 is 29.1. The number of amides is 2. The Labute approximate surface area is 247 Å². The van der Waals surface area contributed by atoms with Crippen molar-refractivity contribution < 1.29 is 18.0 Å². The lowest BCUT2D eigenvalue weighted by Gasteiger charge is -2.32. The van der Waals surface area contributed by atoms with E-state index < -0.39 is 28.5 Å². The van der Waals surface area contributed by atoms with Crippen molar-refractivity contribution in [2.75, 3.05) is 17.4 Å². The SMILES string of the molecule is CCCNC(=O)[C@@H](C)N(Cc1ccc(Cl)c(Cl)c1)C(=O)CN(c1ccccc1CC)S(=O)(=O)c1ccc(C)cc1. The van der Waals surface area contributed by atoms with Crippen LogP contribution in [-0.4, -0.2) is 44.3 Å². The molecule has 10 heteroatoms. The first-order valence-electron chi connectivity index (χ1n) is 13.2. The Morgan fingerprint density at radius 3 is 2.25 bits per heavy atom. The van der Waals surface area contributed by atoms with Gasteiger partial charge in [0, 0.05) is 13.1 Å². The van der Waals surface area contributed by atoms with Crippen molar-refractivity contribution in [2.24, 2.45) is 0 Å². The van der Waals surface area contributed by atoms with E-state index in [-0.39, 0.29) is 17.3 Å². The molecule has 3 aromatic rings. The maximum absolute atomic E-state index is 14.0. The highest BCUT2D eigenvalue weighted by molar-refractivity contribution is 7.92. The van der Waals surface area contributed by atoms with Crippen LogP contribution in [0, 0.1) is 6.92 Å². The van der Waals surface area contributed by atoms with Crippen molar-refractivity contribution in [3.8, 4) is 0 Å². The van der Waals surface area contributed by atoms with Crippen LogP contribution in [0.4, 0.5) is 5.69 Å². The molecule has 1 atom stereocenters. The molecule has 3 rings (SSSR count). The third-order valence-electron chi connectivity index (χ3n) is 6.58. The fourth-order valence-electron chi connectivity index (χ4n) is 4.22. The third-order valence-corrected chi connectivity index (χ3v) is 9.10. The van der Waals surface area contributed by atoms with Crippen LogP contribution in [0.3, 0.4) is 0 Å². The van der Waals surface area contributed by atoms with E-state index in [1.54, 1.807) is 49.4 Å². The summed E-state index contributed by atoms with van der Waals surface area (Å²) >= 11 is 12.3. The molecular weight excluding hydrogens is 569 g/mol. The quantitative estimate of drug-likeness (QED) is 0.275. The van der Waals surface area contributed by atoms with E-state index in [0.717, 1.165) is 21.9 Å². The van der Waals surface area contributed by atoms with Gasteiger partial charge in [0.25, 0.3) is 10.0 Å². The minimum absolute atomic E-state index is 0.0320. The smallest absolute Gasteiger partial charge is 0.264 e. The molecule has 0 aliphatic heterocycles. The second-order valence-corrected chi connectivity index (χ2v) is 12.2. The van der Waals surface area contributed by atoms with E-state index in [9.17, 15) is 18.0 Å². The topological polar surface area (TPSA) is 86.8 Å². The van der Waals surface area contributed by atoms with E-state index in [4.69, 9.17) is 23.2 Å². The highest BCUT2D eigenvalue weighted by Crippen LogP contribution is 2.29. The van der Waals surface area contributed by atoms with Crippen LogP contribution in [-0.2, 0) is 32.6 Å². The number of halogens is 2. The molecule has 0 unspecified atom stereocenters. The monoisotopic (exact) mass is 603 g/mol. The van der Waals surface area contributed by atoms with Crippen molar-refractivity contribution >= 4 is 50.7 Å². The molecule has 0 spiro atoms. The van der Waals surface area contributed by atoms with Gasteiger partial charge in [0.05, 0.1) is 20.6 Å². The van der Waals surface area contributed by atoms with Gasteiger partial charge in [-0.1, -0.05) is 79.0 Å². The molecule has 0 aliphatic carbocycles. The van der Waals surface area contributed by atoms with E-state index >= 15 is 0 Å². The van der Waals surface area contributed by atoms with Gasteiger partial charge in [0.15, 0.2) is 0 Å². The molecule has 0 saturated heterocycles. The van der Waals surface area contributed by atoms with Gasteiger partial charge < -0.3 is 10.2 Å². The lowest BCUT2D eigenvalue weighted by Crippen LogP contribution is -2.51. The summed E-state index contributed by atoms with van der Waals surface area (Å²) in [6.45, 7) is 7.34. The number of sulfonamides is 1. The van der Waals surface area contributed by atoms with Gasteiger partial charge in [-0.05, 0) is 68.1 Å². The van der Waals surface area contributed by atoms with Crippen molar-refractivity contribution in [3.63, 3.8) is 0 Å². The molecule has 1 N–H and O–H groups in total. The molecule has 0 aromatic heterocycles. The number of benzene rings is 3. The van der Waals surface area contributed by atoms with Crippen LogP contribution < -0.4 is 9.62 Å². The average molecular weight is 605 g/mol. The summed E-state index contributed by atoms with van der Waals surface area (Å²) in [4.78, 5) is 28.4. The minimum atomic E-state index is -4.13. The molecule has 0 saturated carbocycles. The number of rotatable bonds is 12. The molecule has 0 aliphatic rings. The average Bonchev–Trinajstić information content (AvgIpc) is 2.94.